The second-order valence-corrected chi connectivity index (χ2v) is 10.7. The number of hydrogen-bond donors (Lipinski definition) is 0. The molecule has 4 nitrogen and oxygen atoms in total. The average molecular weight is 439 g/mol. The van der Waals surface area contributed by atoms with Gasteiger partial charge >= 0.3 is 0 Å². The quantitative estimate of drug-likeness (QED) is 0.545. The van der Waals surface area contributed by atoms with Gasteiger partial charge in [-0.1, -0.05) is 34.6 Å². The van der Waals surface area contributed by atoms with E-state index in [-0.39, 0.29) is 12.4 Å². The van der Waals surface area contributed by atoms with Crippen molar-refractivity contribution in [2.24, 2.45) is 10.8 Å². The minimum absolute atomic E-state index is 0. The summed E-state index contributed by atoms with van der Waals surface area (Å²) >= 11 is 0. The highest BCUT2D eigenvalue weighted by Crippen LogP contribution is 2.54. The fourth-order valence-corrected chi connectivity index (χ4v) is 6.08. The molecule has 1 heterocycles. The summed E-state index contributed by atoms with van der Waals surface area (Å²) in [4.78, 5) is 5.17. The Kier molecular flexibility index (Phi) is 8.37. The number of ether oxygens (including phenoxy) is 2. The van der Waals surface area contributed by atoms with Crippen LogP contribution in [0.1, 0.15) is 71.8 Å². The molecule has 1 aromatic rings. The highest BCUT2D eigenvalue weighted by Gasteiger charge is 2.40. The predicted octanol–water partition coefficient (Wildman–Crippen LogP) is 5.98. The van der Waals surface area contributed by atoms with Crippen LogP contribution in [0.15, 0.2) is 12.1 Å². The zero-order valence-electron chi connectivity index (χ0n) is 20.2. The molecule has 172 valence electrons. The summed E-state index contributed by atoms with van der Waals surface area (Å²) in [5, 5.41) is 0. The fourth-order valence-electron chi connectivity index (χ4n) is 6.08. The van der Waals surface area contributed by atoms with Crippen molar-refractivity contribution >= 4 is 18.1 Å². The summed E-state index contributed by atoms with van der Waals surface area (Å²) in [5.74, 6) is 2.26. The fraction of sp³-hybridized carbons (Fsp3) is 0.760. The maximum absolute atomic E-state index is 5.71. The second-order valence-electron chi connectivity index (χ2n) is 10.7. The van der Waals surface area contributed by atoms with Crippen molar-refractivity contribution in [1.82, 2.24) is 4.90 Å². The predicted molar refractivity (Wildman–Crippen MR) is 130 cm³/mol. The topological polar surface area (TPSA) is 24.9 Å². The minimum Gasteiger partial charge on any atom is -0.493 e. The molecule has 2 fully saturated rings. The number of benzene rings is 1. The lowest BCUT2D eigenvalue weighted by Crippen LogP contribution is -2.47. The lowest BCUT2D eigenvalue weighted by molar-refractivity contribution is 0.0968. The number of nitrogens with zero attached hydrogens (tertiary/aromatic N) is 2. The van der Waals surface area contributed by atoms with E-state index in [1.807, 2.05) is 0 Å². The second kappa shape index (κ2) is 9.99. The number of rotatable bonds is 6. The summed E-state index contributed by atoms with van der Waals surface area (Å²) in [5.41, 5.74) is 3.53. The first kappa shape index (κ1) is 25.1. The summed E-state index contributed by atoms with van der Waals surface area (Å²) in [6.45, 7) is 17.7. The Bertz CT molecular complexity index is 681. The van der Waals surface area contributed by atoms with E-state index in [9.17, 15) is 0 Å². The van der Waals surface area contributed by atoms with Crippen LogP contribution in [0.2, 0.25) is 0 Å². The molecule has 5 heteroatoms. The number of piperazine rings is 1. The maximum Gasteiger partial charge on any atom is 0.162 e. The highest BCUT2D eigenvalue weighted by atomic mass is 35.5. The molecule has 0 spiro atoms. The SMILES string of the molecule is CCCN1CCN(c2cc(OC)c(OC)cc2C2CC(C)(C)CC(C)(C)C2)CC1.Cl. The summed E-state index contributed by atoms with van der Waals surface area (Å²) < 4.78 is 11.4. The van der Waals surface area contributed by atoms with Crippen molar-refractivity contribution in [3.05, 3.63) is 17.7 Å². The van der Waals surface area contributed by atoms with E-state index < -0.39 is 0 Å². The molecule has 30 heavy (non-hydrogen) atoms. The molecule has 2 aliphatic rings. The van der Waals surface area contributed by atoms with Crippen molar-refractivity contribution in [3.63, 3.8) is 0 Å². The molecule has 1 aromatic carbocycles. The van der Waals surface area contributed by atoms with Crippen molar-refractivity contribution in [1.29, 1.82) is 0 Å². The lowest BCUT2D eigenvalue weighted by atomic mass is 9.60. The number of halogens is 1. The normalized spacial score (nSPS) is 21.8. The molecule has 0 unspecified atom stereocenters. The molecule has 3 rings (SSSR count). The van der Waals surface area contributed by atoms with E-state index in [2.05, 4.69) is 56.6 Å². The Morgan fingerprint density at radius 1 is 0.900 bits per heavy atom. The first-order valence-electron chi connectivity index (χ1n) is 11.4. The minimum atomic E-state index is 0. The number of methoxy groups -OCH3 is 2. The van der Waals surface area contributed by atoms with Gasteiger partial charge in [-0.25, -0.2) is 0 Å². The van der Waals surface area contributed by atoms with Gasteiger partial charge in [0.2, 0.25) is 0 Å². The highest BCUT2D eigenvalue weighted by molar-refractivity contribution is 5.85. The van der Waals surface area contributed by atoms with Crippen LogP contribution in [-0.4, -0.2) is 51.8 Å². The van der Waals surface area contributed by atoms with Gasteiger partial charge < -0.3 is 14.4 Å². The third kappa shape index (κ3) is 5.76. The van der Waals surface area contributed by atoms with Gasteiger partial charge in [-0.2, -0.15) is 0 Å². The van der Waals surface area contributed by atoms with Gasteiger partial charge in [-0.05, 0) is 60.6 Å². The molecule has 1 saturated carbocycles. The Hall–Kier alpha value is -1.13. The van der Waals surface area contributed by atoms with Crippen LogP contribution in [0.4, 0.5) is 5.69 Å². The van der Waals surface area contributed by atoms with E-state index >= 15 is 0 Å². The van der Waals surface area contributed by atoms with E-state index in [1.165, 1.54) is 43.5 Å². The van der Waals surface area contributed by atoms with Crippen LogP contribution in [0, 0.1) is 10.8 Å². The maximum atomic E-state index is 5.71. The van der Waals surface area contributed by atoms with Gasteiger partial charge in [0.15, 0.2) is 11.5 Å². The first-order chi connectivity index (χ1) is 13.7. The zero-order valence-corrected chi connectivity index (χ0v) is 21.0. The smallest absolute Gasteiger partial charge is 0.162 e. The van der Waals surface area contributed by atoms with Gasteiger partial charge in [-0.3, -0.25) is 4.90 Å². The van der Waals surface area contributed by atoms with E-state index in [1.54, 1.807) is 14.2 Å². The summed E-state index contributed by atoms with van der Waals surface area (Å²) in [7, 11) is 3.49. The van der Waals surface area contributed by atoms with Crippen molar-refractivity contribution < 1.29 is 9.47 Å². The molecule has 1 saturated heterocycles. The molecule has 1 aliphatic carbocycles. The van der Waals surface area contributed by atoms with Crippen molar-refractivity contribution in [3.8, 4) is 11.5 Å². The summed E-state index contributed by atoms with van der Waals surface area (Å²) in [6.07, 6.45) is 4.98. The molecule has 0 N–H and O–H groups in total. The van der Waals surface area contributed by atoms with Gasteiger partial charge in [0.05, 0.1) is 14.2 Å². The standard InChI is InChI=1S/C25H42N2O2.ClH/c1-8-9-26-10-12-27(13-11-26)21-15-23(29-7)22(28-6)14-20(21)19-16-24(2,3)18-25(4,5)17-19;/h14-15,19H,8-13,16-18H2,1-7H3;1H. The van der Waals surface area contributed by atoms with Gasteiger partial charge in [0.1, 0.15) is 0 Å². The molecule has 0 aromatic heterocycles. The van der Waals surface area contributed by atoms with E-state index in [0.29, 0.717) is 16.7 Å². The largest absolute Gasteiger partial charge is 0.493 e. The molecule has 1 aliphatic heterocycles. The molecule has 0 atom stereocenters. The van der Waals surface area contributed by atoms with Crippen LogP contribution in [0.5, 0.6) is 11.5 Å². The number of anilines is 1. The van der Waals surface area contributed by atoms with E-state index in [0.717, 1.165) is 37.7 Å². The van der Waals surface area contributed by atoms with Crippen LogP contribution in [0.25, 0.3) is 0 Å². The van der Waals surface area contributed by atoms with Crippen molar-refractivity contribution in [2.45, 2.75) is 66.2 Å². The van der Waals surface area contributed by atoms with Crippen LogP contribution in [-0.2, 0) is 0 Å². The third-order valence-electron chi connectivity index (χ3n) is 6.78. The molecule has 0 radical (unpaired) electrons. The Labute approximate surface area is 190 Å². The Morgan fingerprint density at radius 3 is 1.93 bits per heavy atom. The zero-order chi connectivity index (χ0) is 21.2. The van der Waals surface area contributed by atoms with Crippen LogP contribution >= 0.6 is 12.4 Å². The molecule has 0 bridgehead atoms. The molecular formula is C25H43ClN2O2. The summed E-state index contributed by atoms with van der Waals surface area (Å²) in [6, 6.07) is 4.51. The average Bonchev–Trinajstić information content (AvgIpc) is 2.65. The lowest BCUT2D eigenvalue weighted by Gasteiger charge is -2.46. The molecular weight excluding hydrogens is 396 g/mol. The Balaban J connectivity index is 0.00000320. The van der Waals surface area contributed by atoms with Gasteiger partial charge in [0, 0.05) is 37.9 Å². The van der Waals surface area contributed by atoms with Crippen LogP contribution < -0.4 is 14.4 Å². The van der Waals surface area contributed by atoms with Gasteiger partial charge in [0.25, 0.3) is 0 Å². The first-order valence-corrected chi connectivity index (χ1v) is 11.4. The van der Waals surface area contributed by atoms with Crippen LogP contribution in [0.3, 0.4) is 0 Å². The molecule has 0 amide bonds. The Morgan fingerprint density at radius 2 is 1.43 bits per heavy atom. The van der Waals surface area contributed by atoms with Gasteiger partial charge in [-0.15, -0.1) is 12.4 Å². The van der Waals surface area contributed by atoms with Crippen molar-refractivity contribution in [2.75, 3.05) is 51.8 Å². The van der Waals surface area contributed by atoms with E-state index in [4.69, 9.17) is 9.47 Å². The third-order valence-corrected chi connectivity index (χ3v) is 6.78. The number of hydrogen-bond acceptors (Lipinski definition) is 4. The monoisotopic (exact) mass is 438 g/mol.